The SMILES string of the molecule is CCCCOP1(=O)OCCC(CCl)O1. The van der Waals surface area contributed by atoms with Gasteiger partial charge in [-0.1, -0.05) is 13.3 Å². The predicted molar refractivity (Wildman–Crippen MR) is 54.6 cm³/mol. The third kappa shape index (κ3) is 3.87. The van der Waals surface area contributed by atoms with E-state index in [4.69, 9.17) is 25.2 Å². The van der Waals surface area contributed by atoms with E-state index < -0.39 is 7.82 Å². The number of phosphoric ester groups is 1. The molecule has 0 N–H and O–H groups in total. The maximum atomic E-state index is 11.8. The van der Waals surface area contributed by atoms with E-state index in [1.54, 1.807) is 0 Å². The Morgan fingerprint density at radius 2 is 2.43 bits per heavy atom. The molecule has 0 amide bonds. The highest BCUT2D eigenvalue weighted by Crippen LogP contribution is 2.53. The molecule has 2 unspecified atom stereocenters. The van der Waals surface area contributed by atoms with E-state index in [1.807, 2.05) is 6.92 Å². The highest BCUT2D eigenvalue weighted by Gasteiger charge is 2.34. The number of hydrogen-bond donors (Lipinski definition) is 0. The van der Waals surface area contributed by atoms with Gasteiger partial charge >= 0.3 is 7.82 Å². The third-order valence-corrected chi connectivity index (χ3v) is 3.78. The standard InChI is InChI=1S/C8H16ClO4P/c1-2-3-5-11-14(10)12-6-4-8(7-9)13-14/h8H,2-7H2,1H3. The second kappa shape index (κ2) is 6.09. The largest absolute Gasteiger partial charge is 0.475 e. The van der Waals surface area contributed by atoms with Gasteiger partial charge in [0, 0.05) is 5.88 Å². The molecule has 0 aromatic carbocycles. The molecular weight excluding hydrogens is 227 g/mol. The Kier molecular flexibility index (Phi) is 5.42. The number of alkyl halides is 1. The number of unbranched alkanes of at least 4 members (excludes halogenated alkanes) is 1. The van der Waals surface area contributed by atoms with Crippen molar-refractivity contribution in [3.8, 4) is 0 Å². The summed E-state index contributed by atoms with van der Waals surface area (Å²) in [5.41, 5.74) is 0. The zero-order valence-corrected chi connectivity index (χ0v) is 9.93. The summed E-state index contributed by atoms with van der Waals surface area (Å²) in [6.07, 6.45) is 2.30. The van der Waals surface area contributed by atoms with Crippen LogP contribution in [-0.2, 0) is 18.1 Å². The Balaban J connectivity index is 2.35. The molecule has 0 radical (unpaired) electrons. The molecule has 14 heavy (non-hydrogen) atoms. The molecule has 0 aliphatic carbocycles. The maximum absolute atomic E-state index is 11.8. The van der Waals surface area contributed by atoms with Crippen LogP contribution in [0.2, 0.25) is 0 Å². The van der Waals surface area contributed by atoms with E-state index in [0.29, 0.717) is 25.5 Å². The molecule has 2 atom stereocenters. The Bertz CT molecular complexity index is 212. The summed E-state index contributed by atoms with van der Waals surface area (Å²) in [5, 5.41) is 0. The average Bonchev–Trinajstić information content (AvgIpc) is 2.18. The summed E-state index contributed by atoms with van der Waals surface area (Å²) in [5.74, 6) is 0.324. The van der Waals surface area contributed by atoms with Gasteiger partial charge in [0.25, 0.3) is 0 Å². The van der Waals surface area contributed by atoms with Gasteiger partial charge in [-0.05, 0) is 12.8 Å². The van der Waals surface area contributed by atoms with Crippen molar-refractivity contribution in [3.63, 3.8) is 0 Å². The van der Waals surface area contributed by atoms with Crippen molar-refractivity contribution in [1.29, 1.82) is 0 Å². The minimum atomic E-state index is -3.30. The van der Waals surface area contributed by atoms with Gasteiger partial charge in [-0.15, -0.1) is 11.6 Å². The molecule has 1 rings (SSSR count). The first-order valence-electron chi connectivity index (χ1n) is 4.83. The molecular formula is C8H16ClO4P. The van der Waals surface area contributed by atoms with Crippen molar-refractivity contribution < 1.29 is 18.1 Å². The molecule has 1 heterocycles. The Hall–Kier alpha value is 0.400. The fraction of sp³-hybridized carbons (Fsp3) is 1.00. The highest BCUT2D eigenvalue weighted by atomic mass is 35.5. The van der Waals surface area contributed by atoms with E-state index >= 15 is 0 Å². The monoisotopic (exact) mass is 242 g/mol. The molecule has 1 aliphatic heterocycles. The number of halogens is 1. The summed E-state index contributed by atoms with van der Waals surface area (Å²) in [6, 6.07) is 0. The summed E-state index contributed by atoms with van der Waals surface area (Å²) in [4.78, 5) is 0. The lowest BCUT2D eigenvalue weighted by molar-refractivity contribution is 0.0379. The zero-order valence-electron chi connectivity index (χ0n) is 8.28. The van der Waals surface area contributed by atoms with Crippen LogP contribution in [0.15, 0.2) is 0 Å². The summed E-state index contributed by atoms with van der Waals surface area (Å²) >= 11 is 5.61. The highest BCUT2D eigenvalue weighted by molar-refractivity contribution is 7.48. The minimum absolute atomic E-state index is 0.210. The molecule has 6 heteroatoms. The molecule has 0 spiro atoms. The van der Waals surface area contributed by atoms with Gasteiger partial charge in [-0.2, -0.15) is 0 Å². The third-order valence-electron chi connectivity index (χ3n) is 1.89. The van der Waals surface area contributed by atoms with Gasteiger partial charge < -0.3 is 0 Å². The lowest BCUT2D eigenvalue weighted by Gasteiger charge is -2.27. The quantitative estimate of drug-likeness (QED) is 0.422. The molecule has 4 nitrogen and oxygen atoms in total. The van der Waals surface area contributed by atoms with Crippen LogP contribution in [0, 0.1) is 0 Å². The van der Waals surface area contributed by atoms with Crippen LogP contribution in [0.4, 0.5) is 0 Å². The number of rotatable bonds is 5. The fourth-order valence-electron chi connectivity index (χ4n) is 1.06. The van der Waals surface area contributed by atoms with Crippen LogP contribution in [0.25, 0.3) is 0 Å². The van der Waals surface area contributed by atoms with Gasteiger partial charge in [0.2, 0.25) is 0 Å². The molecule has 0 bridgehead atoms. The van der Waals surface area contributed by atoms with Crippen LogP contribution in [0.1, 0.15) is 26.2 Å². The average molecular weight is 243 g/mol. The molecule has 0 aromatic heterocycles. The first kappa shape index (κ1) is 12.5. The van der Waals surface area contributed by atoms with Crippen molar-refractivity contribution in [1.82, 2.24) is 0 Å². The second-order valence-corrected chi connectivity index (χ2v) is 5.07. The summed E-state index contributed by atoms with van der Waals surface area (Å²) in [6.45, 7) is 2.83. The number of hydrogen-bond acceptors (Lipinski definition) is 4. The van der Waals surface area contributed by atoms with E-state index in [9.17, 15) is 4.57 Å². The van der Waals surface area contributed by atoms with Crippen LogP contribution in [0.3, 0.4) is 0 Å². The van der Waals surface area contributed by atoms with Crippen LogP contribution in [0.5, 0.6) is 0 Å². The lowest BCUT2D eigenvalue weighted by Crippen LogP contribution is -2.22. The second-order valence-electron chi connectivity index (χ2n) is 3.14. The molecule has 1 aliphatic rings. The first-order chi connectivity index (χ1) is 6.70. The first-order valence-corrected chi connectivity index (χ1v) is 6.83. The maximum Gasteiger partial charge on any atom is 0.475 e. The van der Waals surface area contributed by atoms with Crippen molar-refractivity contribution in [3.05, 3.63) is 0 Å². The van der Waals surface area contributed by atoms with E-state index in [0.717, 1.165) is 12.8 Å². The minimum Gasteiger partial charge on any atom is -0.287 e. The summed E-state index contributed by atoms with van der Waals surface area (Å²) < 4.78 is 27.0. The Morgan fingerprint density at radius 3 is 3.07 bits per heavy atom. The zero-order chi connectivity index (χ0) is 10.4. The van der Waals surface area contributed by atoms with Gasteiger partial charge in [0.1, 0.15) is 0 Å². The molecule has 0 aromatic rings. The topological polar surface area (TPSA) is 44.8 Å². The van der Waals surface area contributed by atoms with E-state index in [2.05, 4.69) is 0 Å². The Morgan fingerprint density at radius 1 is 1.64 bits per heavy atom. The predicted octanol–water partition coefficient (Wildman–Crippen LogP) is 2.96. The van der Waals surface area contributed by atoms with Crippen LogP contribution >= 0.6 is 19.4 Å². The van der Waals surface area contributed by atoms with Gasteiger partial charge in [0.15, 0.2) is 0 Å². The van der Waals surface area contributed by atoms with Gasteiger partial charge in [-0.25, -0.2) is 4.57 Å². The molecule has 1 saturated heterocycles. The van der Waals surface area contributed by atoms with Crippen molar-refractivity contribution in [2.75, 3.05) is 19.1 Å². The molecule has 0 saturated carbocycles. The van der Waals surface area contributed by atoms with Crippen LogP contribution in [-0.4, -0.2) is 25.2 Å². The van der Waals surface area contributed by atoms with Crippen molar-refractivity contribution in [2.24, 2.45) is 0 Å². The van der Waals surface area contributed by atoms with Gasteiger partial charge in [0.05, 0.1) is 19.3 Å². The molecule has 1 fully saturated rings. The van der Waals surface area contributed by atoms with Crippen LogP contribution < -0.4 is 0 Å². The fourth-order valence-corrected chi connectivity index (χ4v) is 2.78. The Labute approximate surface area is 89.5 Å². The number of phosphoric acid groups is 1. The van der Waals surface area contributed by atoms with Gasteiger partial charge in [-0.3, -0.25) is 13.6 Å². The van der Waals surface area contributed by atoms with Crippen molar-refractivity contribution >= 4 is 19.4 Å². The van der Waals surface area contributed by atoms with E-state index in [-0.39, 0.29) is 6.10 Å². The smallest absolute Gasteiger partial charge is 0.287 e. The lowest BCUT2D eigenvalue weighted by atomic mass is 10.3. The normalized spacial score (nSPS) is 33.1. The summed E-state index contributed by atoms with van der Waals surface area (Å²) in [7, 11) is -3.30. The molecule has 84 valence electrons. The van der Waals surface area contributed by atoms with E-state index in [1.165, 1.54) is 0 Å². The van der Waals surface area contributed by atoms with Crippen molar-refractivity contribution in [2.45, 2.75) is 32.3 Å².